The van der Waals surface area contributed by atoms with Crippen LogP contribution >= 0.6 is 0 Å². The number of hydrogen-bond donors (Lipinski definition) is 1. The number of nitrogens with zero attached hydrogens (tertiary/aromatic N) is 1. The van der Waals surface area contributed by atoms with E-state index in [1.54, 1.807) is 44.2 Å². The van der Waals surface area contributed by atoms with Crippen molar-refractivity contribution >= 4 is 17.5 Å². The van der Waals surface area contributed by atoms with Crippen LogP contribution in [0.2, 0.25) is 0 Å². The van der Waals surface area contributed by atoms with Gasteiger partial charge < -0.3 is 24.4 Å². The predicted octanol–water partition coefficient (Wildman–Crippen LogP) is 3.61. The largest absolute Gasteiger partial charge is 0.497 e. The molecule has 160 valence electrons. The molecule has 1 aliphatic heterocycles. The van der Waals surface area contributed by atoms with Crippen LogP contribution in [0.1, 0.15) is 31.9 Å². The molecule has 1 heterocycles. The summed E-state index contributed by atoms with van der Waals surface area (Å²) in [6.45, 7) is 6.14. The summed E-state index contributed by atoms with van der Waals surface area (Å²) in [7, 11) is 3.19. The molecule has 0 saturated heterocycles. The molecule has 2 aromatic rings. The second-order valence-electron chi connectivity index (χ2n) is 7.60. The first-order valence-electron chi connectivity index (χ1n) is 9.92. The summed E-state index contributed by atoms with van der Waals surface area (Å²) in [5.41, 5.74) is 2.38. The summed E-state index contributed by atoms with van der Waals surface area (Å²) in [6.07, 6.45) is -0.619. The van der Waals surface area contributed by atoms with Crippen molar-refractivity contribution in [3.63, 3.8) is 0 Å². The molecule has 7 heteroatoms. The van der Waals surface area contributed by atoms with Crippen molar-refractivity contribution in [1.82, 2.24) is 4.90 Å². The topological polar surface area (TPSA) is 77.1 Å². The van der Waals surface area contributed by atoms with Crippen molar-refractivity contribution < 1.29 is 23.8 Å². The highest BCUT2D eigenvalue weighted by atomic mass is 16.5. The quantitative estimate of drug-likeness (QED) is 0.784. The zero-order valence-electron chi connectivity index (χ0n) is 18.0. The zero-order chi connectivity index (χ0) is 21.8. The molecule has 0 aliphatic carbocycles. The first-order valence-corrected chi connectivity index (χ1v) is 9.92. The van der Waals surface area contributed by atoms with E-state index in [4.69, 9.17) is 14.2 Å². The Morgan fingerprint density at radius 3 is 2.63 bits per heavy atom. The molecule has 0 bridgehead atoms. The molecule has 0 radical (unpaired) electrons. The zero-order valence-corrected chi connectivity index (χ0v) is 18.0. The van der Waals surface area contributed by atoms with Gasteiger partial charge in [0.1, 0.15) is 17.2 Å². The van der Waals surface area contributed by atoms with Crippen LogP contribution in [-0.4, -0.2) is 37.0 Å². The molecule has 0 aromatic heterocycles. The van der Waals surface area contributed by atoms with Crippen molar-refractivity contribution in [1.29, 1.82) is 0 Å². The molecule has 0 unspecified atom stereocenters. The standard InChI is InChI=1S/C23H28N2O5/c1-14(2)22(26)24-18-7-9-20-17(10-18)13-25(23(27)15(3)30-20)12-16-6-8-19(28-4)11-21(16)29-5/h6-11,14-15H,12-13H2,1-5H3,(H,24,26)/t15-/m1/s1. The first-order chi connectivity index (χ1) is 14.3. The fraction of sp³-hybridized carbons (Fsp3) is 0.391. The number of amides is 2. The van der Waals surface area contributed by atoms with Crippen LogP contribution in [0.5, 0.6) is 17.2 Å². The molecular weight excluding hydrogens is 384 g/mol. The van der Waals surface area contributed by atoms with Crippen LogP contribution in [0.4, 0.5) is 5.69 Å². The van der Waals surface area contributed by atoms with E-state index in [0.717, 1.165) is 11.1 Å². The van der Waals surface area contributed by atoms with Gasteiger partial charge in [-0.15, -0.1) is 0 Å². The molecule has 0 fully saturated rings. The number of carbonyl (C=O) groups is 2. The van der Waals surface area contributed by atoms with E-state index >= 15 is 0 Å². The fourth-order valence-electron chi connectivity index (χ4n) is 3.29. The van der Waals surface area contributed by atoms with Gasteiger partial charge >= 0.3 is 0 Å². The summed E-state index contributed by atoms with van der Waals surface area (Å²) in [5.74, 6) is 1.68. The smallest absolute Gasteiger partial charge is 0.263 e. The maximum Gasteiger partial charge on any atom is 0.263 e. The Hall–Kier alpha value is -3.22. The van der Waals surface area contributed by atoms with E-state index in [-0.39, 0.29) is 17.7 Å². The van der Waals surface area contributed by atoms with Crippen LogP contribution in [-0.2, 0) is 22.7 Å². The number of carbonyl (C=O) groups excluding carboxylic acids is 2. The third kappa shape index (κ3) is 4.67. The number of fused-ring (bicyclic) bond motifs is 1. The Bertz CT molecular complexity index is 941. The Labute approximate surface area is 176 Å². The van der Waals surface area contributed by atoms with Gasteiger partial charge in [0.15, 0.2) is 6.10 Å². The highest BCUT2D eigenvalue weighted by Gasteiger charge is 2.29. The minimum atomic E-state index is -0.619. The molecule has 0 spiro atoms. The second-order valence-corrected chi connectivity index (χ2v) is 7.60. The van der Waals surface area contributed by atoms with Crippen LogP contribution in [0.3, 0.4) is 0 Å². The lowest BCUT2D eigenvalue weighted by atomic mass is 10.1. The molecule has 2 amide bonds. The van der Waals surface area contributed by atoms with Crippen LogP contribution in [0, 0.1) is 5.92 Å². The summed E-state index contributed by atoms with van der Waals surface area (Å²) >= 11 is 0. The summed E-state index contributed by atoms with van der Waals surface area (Å²) in [4.78, 5) is 26.7. The number of ether oxygens (including phenoxy) is 3. The highest BCUT2D eigenvalue weighted by molar-refractivity contribution is 5.92. The molecule has 30 heavy (non-hydrogen) atoms. The second kappa shape index (κ2) is 9.07. The van der Waals surface area contributed by atoms with E-state index in [0.29, 0.717) is 36.0 Å². The van der Waals surface area contributed by atoms with E-state index in [1.807, 2.05) is 32.0 Å². The van der Waals surface area contributed by atoms with Crippen LogP contribution in [0.15, 0.2) is 36.4 Å². The fourth-order valence-corrected chi connectivity index (χ4v) is 3.29. The molecule has 1 N–H and O–H groups in total. The number of nitrogens with one attached hydrogen (secondary N) is 1. The lowest BCUT2D eigenvalue weighted by Crippen LogP contribution is -2.37. The Morgan fingerprint density at radius 2 is 1.97 bits per heavy atom. The minimum Gasteiger partial charge on any atom is -0.497 e. The van der Waals surface area contributed by atoms with Gasteiger partial charge in [-0.1, -0.05) is 13.8 Å². The minimum absolute atomic E-state index is 0.0613. The summed E-state index contributed by atoms with van der Waals surface area (Å²) in [6, 6.07) is 11.0. The summed E-state index contributed by atoms with van der Waals surface area (Å²) < 4.78 is 16.6. The van der Waals surface area contributed by atoms with Gasteiger partial charge in [-0.25, -0.2) is 0 Å². The van der Waals surface area contributed by atoms with Crippen molar-refractivity contribution in [2.24, 2.45) is 5.92 Å². The average molecular weight is 412 g/mol. The number of benzene rings is 2. The normalized spacial score (nSPS) is 15.9. The monoisotopic (exact) mass is 412 g/mol. The number of anilines is 1. The van der Waals surface area contributed by atoms with Gasteiger partial charge in [0.2, 0.25) is 5.91 Å². The van der Waals surface area contributed by atoms with Crippen molar-refractivity contribution in [3.8, 4) is 17.2 Å². The van der Waals surface area contributed by atoms with E-state index in [9.17, 15) is 9.59 Å². The lowest BCUT2D eigenvalue weighted by molar-refractivity contribution is -0.138. The third-order valence-electron chi connectivity index (χ3n) is 5.03. The number of rotatable bonds is 6. The number of hydrogen-bond acceptors (Lipinski definition) is 5. The summed E-state index contributed by atoms with van der Waals surface area (Å²) in [5, 5.41) is 2.90. The molecule has 1 aliphatic rings. The number of methoxy groups -OCH3 is 2. The van der Waals surface area contributed by atoms with Crippen molar-refractivity contribution in [2.45, 2.75) is 40.0 Å². The van der Waals surface area contributed by atoms with E-state index in [2.05, 4.69) is 5.32 Å². The highest BCUT2D eigenvalue weighted by Crippen LogP contribution is 2.31. The van der Waals surface area contributed by atoms with Gasteiger partial charge in [0, 0.05) is 41.9 Å². The maximum atomic E-state index is 13.0. The van der Waals surface area contributed by atoms with E-state index < -0.39 is 6.10 Å². The molecule has 0 saturated carbocycles. The SMILES string of the molecule is COc1ccc(CN2Cc3cc(NC(=O)C(C)C)ccc3O[C@H](C)C2=O)c(OC)c1. The predicted molar refractivity (Wildman–Crippen MR) is 114 cm³/mol. The molecule has 1 atom stereocenters. The maximum absolute atomic E-state index is 13.0. The Morgan fingerprint density at radius 1 is 1.20 bits per heavy atom. The lowest BCUT2D eigenvalue weighted by Gasteiger charge is -2.23. The van der Waals surface area contributed by atoms with Gasteiger partial charge in [-0.3, -0.25) is 9.59 Å². The van der Waals surface area contributed by atoms with E-state index in [1.165, 1.54) is 0 Å². The van der Waals surface area contributed by atoms with Crippen molar-refractivity contribution in [2.75, 3.05) is 19.5 Å². The van der Waals surface area contributed by atoms with Gasteiger partial charge in [-0.05, 0) is 37.3 Å². The Kier molecular flexibility index (Phi) is 6.50. The van der Waals surface area contributed by atoms with Crippen LogP contribution in [0.25, 0.3) is 0 Å². The average Bonchev–Trinajstić information content (AvgIpc) is 2.84. The van der Waals surface area contributed by atoms with Gasteiger partial charge in [0.25, 0.3) is 5.91 Å². The first kappa shape index (κ1) is 21.5. The Balaban J connectivity index is 1.88. The molecular formula is C23H28N2O5. The molecule has 3 rings (SSSR count). The van der Waals surface area contributed by atoms with Gasteiger partial charge in [-0.2, -0.15) is 0 Å². The third-order valence-corrected chi connectivity index (χ3v) is 5.03. The molecule has 7 nitrogen and oxygen atoms in total. The van der Waals surface area contributed by atoms with Crippen molar-refractivity contribution in [3.05, 3.63) is 47.5 Å². The molecule has 2 aromatic carbocycles. The van der Waals surface area contributed by atoms with Crippen LogP contribution < -0.4 is 19.5 Å². The van der Waals surface area contributed by atoms with Gasteiger partial charge in [0.05, 0.1) is 14.2 Å².